The third-order valence-electron chi connectivity index (χ3n) is 2.76. The normalized spacial score (nSPS) is 26.4. The summed E-state index contributed by atoms with van der Waals surface area (Å²) >= 11 is 0. The summed E-state index contributed by atoms with van der Waals surface area (Å²) < 4.78 is 0. The maximum absolute atomic E-state index is 3.85. The predicted molar refractivity (Wildman–Crippen MR) is 63.9 cm³/mol. The summed E-state index contributed by atoms with van der Waals surface area (Å²) in [5, 5.41) is 0.0508. The first kappa shape index (κ1) is 10.7. The van der Waals surface area contributed by atoms with Crippen LogP contribution in [0.3, 0.4) is 0 Å². The Labute approximate surface area is 84.0 Å². The van der Waals surface area contributed by atoms with Crippen molar-refractivity contribution in [1.29, 1.82) is 0 Å². The summed E-state index contributed by atoms with van der Waals surface area (Å²) in [6.07, 6.45) is 11.3. The lowest BCUT2D eigenvalue weighted by Crippen LogP contribution is -2.16. The highest BCUT2D eigenvalue weighted by atomic mass is 31.0. The van der Waals surface area contributed by atoms with E-state index in [0.29, 0.717) is 0 Å². The van der Waals surface area contributed by atoms with E-state index in [1.54, 1.807) is 0 Å². The average Bonchev–Trinajstić information content (AvgIpc) is 2.18. The van der Waals surface area contributed by atoms with Crippen molar-refractivity contribution in [2.75, 3.05) is 0 Å². The zero-order valence-electron chi connectivity index (χ0n) is 8.59. The zero-order valence-corrected chi connectivity index (χ0v) is 9.74. The van der Waals surface area contributed by atoms with E-state index in [0.717, 1.165) is 5.92 Å². The van der Waals surface area contributed by atoms with Crippen molar-refractivity contribution in [3.05, 3.63) is 36.5 Å². The van der Waals surface area contributed by atoms with E-state index in [1.807, 2.05) is 6.08 Å². The molecule has 0 saturated heterocycles. The Balaban J connectivity index is 2.72. The van der Waals surface area contributed by atoms with Crippen molar-refractivity contribution in [2.24, 2.45) is 5.92 Å². The van der Waals surface area contributed by atoms with Gasteiger partial charge in [-0.05, 0) is 31.3 Å². The molecule has 1 aliphatic carbocycles. The highest BCUT2D eigenvalue weighted by molar-refractivity contribution is 7.19. The van der Waals surface area contributed by atoms with Crippen molar-refractivity contribution in [1.82, 2.24) is 0 Å². The van der Waals surface area contributed by atoms with Crippen LogP contribution in [0.5, 0.6) is 0 Å². The molecule has 0 aromatic carbocycles. The second-order valence-electron chi connectivity index (χ2n) is 3.91. The fourth-order valence-electron chi connectivity index (χ4n) is 1.48. The molecule has 0 aromatic heterocycles. The maximum atomic E-state index is 3.85. The van der Waals surface area contributed by atoms with Crippen LogP contribution in [0, 0.1) is 5.92 Å². The SMILES string of the molecule is C=CC(C)(P)C1=CCC(CC)C=C1. The first-order valence-corrected chi connectivity index (χ1v) is 5.49. The second kappa shape index (κ2) is 4.24. The molecule has 3 unspecified atom stereocenters. The van der Waals surface area contributed by atoms with Crippen LogP contribution in [0.4, 0.5) is 0 Å². The minimum atomic E-state index is 0.0508. The van der Waals surface area contributed by atoms with Crippen molar-refractivity contribution in [2.45, 2.75) is 31.8 Å². The molecule has 13 heavy (non-hydrogen) atoms. The molecular formula is C12H19P. The third-order valence-corrected chi connectivity index (χ3v) is 3.33. The number of rotatable bonds is 3. The van der Waals surface area contributed by atoms with E-state index < -0.39 is 0 Å². The number of hydrogen-bond acceptors (Lipinski definition) is 0. The van der Waals surface area contributed by atoms with Gasteiger partial charge in [0.2, 0.25) is 0 Å². The molecule has 0 heterocycles. The van der Waals surface area contributed by atoms with Crippen LogP contribution >= 0.6 is 9.24 Å². The van der Waals surface area contributed by atoms with Gasteiger partial charge in [-0.1, -0.05) is 31.2 Å². The molecule has 0 nitrogen and oxygen atoms in total. The molecule has 0 saturated carbocycles. The Kier molecular flexibility index (Phi) is 3.50. The van der Waals surface area contributed by atoms with E-state index in [9.17, 15) is 0 Å². The largest absolute Gasteiger partial charge is 0.123 e. The number of hydrogen-bond donors (Lipinski definition) is 0. The van der Waals surface area contributed by atoms with Crippen molar-refractivity contribution >= 4 is 9.24 Å². The molecule has 1 heteroatoms. The number of allylic oxidation sites excluding steroid dienone is 5. The minimum Gasteiger partial charge on any atom is -0.123 e. The molecule has 1 aliphatic rings. The van der Waals surface area contributed by atoms with Crippen LogP contribution in [-0.2, 0) is 0 Å². The topological polar surface area (TPSA) is 0 Å². The lowest BCUT2D eigenvalue weighted by molar-refractivity contribution is 0.625. The maximum Gasteiger partial charge on any atom is 0.0241 e. The first-order chi connectivity index (χ1) is 6.10. The molecule has 0 aliphatic heterocycles. The van der Waals surface area contributed by atoms with Gasteiger partial charge in [0.1, 0.15) is 0 Å². The predicted octanol–water partition coefficient (Wildman–Crippen LogP) is 3.72. The summed E-state index contributed by atoms with van der Waals surface area (Å²) in [5.41, 5.74) is 1.37. The standard InChI is InChI=1S/C12H19P/c1-4-10-6-8-11(9-7-10)12(3,13)5-2/h5-6,8-10H,2,4,7,13H2,1,3H3. The van der Waals surface area contributed by atoms with Gasteiger partial charge in [0.25, 0.3) is 0 Å². The van der Waals surface area contributed by atoms with Gasteiger partial charge >= 0.3 is 0 Å². The summed E-state index contributed by atoms with van der Waals surface area (Å²) in [4.78, 5) is 0. The molecular weight excluding hydrogens is 175 g/mol. The monoisotopic (exact) mass is 194 g/mol. The lowest BCUT2D eigenvalue weighted by Gasteiger charge is -2.25. The molecule has 0 bridgehead atoms. The van der Waals surface area contributed by atoms with Gasteiger partial charge in [-0.15, -0.1) is 15.8 Å². The van der Waals surface area contributed by atoms with E-state index in [1.165, 1.54) is 18.4 Å². The molecule has 0 fully saturated rings. The molecule has 0 amide bonds. The average molecular weight is 194 g/mol. The molecule has 0 aromatic rings. The van der Waals surface area contributed by atoms with Crippen LogP contribution < -0.4 is 0 Å². The van der Waals surface area contributed by atoms with E-state index in [-0.39, 0.29) is 5.16 Å². The summed E-state index contributed by atoms with van der Waals surface area (Å²) in [6.45, 7) is 8.26. The molecule has 1 rings (SSSR count). The fraction of sp³-hybridized carbons (Fsp3) is 0.500. The van der Waals surface area contributed by atoms with Crippen LogP contribution in [0.15, 0.2) is 36.5 Å². The van der Waals surface area contributed by atoms with Crippen LogP contribution in [-0.4, -0.2) is 5.16 Å². The lowest BCUT2D eigenvalue weighted by atomic mass is 9.89. The zero-order chi connectivity index (χ0) is 9.90. The van der Waals surface area contributed by atoms with Gasteiger partial charge in [0.15, 0.2) is 0 Å². The smallest absolute Gasteiger partial charge is 0.0241 e. The van der Waals surface area contributed by atoms with Gasteiger partial charge in [0, 0.05) is 5.16 Å². The van der Waals surface area contributed by atoms with Crippen molar-refractivity contribution in [3.63, 3.8) is 0 Å². The Morgan fingerprint density at radius 1 is 1.77 bits per heavy atom. The first-order valence-electron chi connectivity index (χ1n) is 4.91. The van der Waals surface area contributed by atoms with Crippen molar-refractivity contribution < 1.29 is 0 Å². The van der Waals surface area contributed by atoms with Crippen molar-refractivity contribution in [3.8, 4) is 0 Å². The minimum absolute atomic E-state index is 0.0508. The highest BCUT2D eigenvalue weighted by Crippen LogP contribution is 2.33. The molecule has 0 N–H and O–H groups in total. The quantitative estimate of drug-likeness (QED) is 0.474. The van der Waals surface area contributed by atoms with E-state index in [4.69, 9.17) is 0 Å². The Bertz CT molecular complexity index is 246. The van der Waals surface area contributed by atoms with E-state index >= 15 is 0 Å². The Hall–Kier alpha value is -0.350. The Morgan fingerprint density at radius 3 is 2.85 bits per heavy atom. The van der Waals surface area contributed by atoms with Gasteiger partial charge < -0.3 is 0 Å². The summed E-state index contributed by atoms with van der Waals surface area (Å²) in [7, 11) is 2.85. The van der Waals surface area contributed by atoms with Gasteiger partial charge in [0.05, 0.1) is 0 Å². The fourth-order valence-corrected chi connectivity index (χ4v) is 1.70. The summed E-state index contributed by atoms with van der Waals surface area (Å²) in [5.74, 6) is 0.745. The van der Waals surface area contributed by atoms with Crippen LogP contribution in [0.1, 0.15) is 26.7 Å². The summed E-state index contributed by atoms with van der Waals surface area (Å²) in [6, 6.07) is 0. The van der Waals surface area contributed by atoms with Gasteiger partial charge in [-0.2, -0.15) is 0 Å². The van der Waals surface area contributed by atoms with Gasteiger partial charge in [-0.25, -0.2) is 0 Å². The highest BCUT2D eigenvalue weighted by Gasteiger charge is 2.19. The van der Waals surface area contributed by atoms with E-state index in [2.05, 4.69) is 47.9 Å². The third kappa shape index (κ3) is 2.54. The molecule has 72 valence electrons. The van der Waals surface area contributed by atoms with Gasteiger partial charge in [-0.3, -0.25) is 0 Å². The Morgan fingerprint density at radius 2 is 2.46 bits per heavy atom. The second-order valence-corrected chi connectivity index (χ2v) is 5.11. The molecule has 0 radical (unpaired) electrons. The molecule has 0 spiro atoms. The molecule has 3 atom stereocenters. The van der Waals surface area contributed by atoms with Crippen LogP contribution in [0.25, 0.3) is 0 Å². The van der Waals surface area contributed by atoms with Crippen LogP contribution in [0.2, 0.25) is 0 Å².